The molecule has 18 heavy (non-hydrogen) atoms. The van der Waals surface area contributed by atoms with E-state index in [4.69, 9.17) is 0 Å². The van der Waals surface area contributed by atoms with Crippen molar-refractivity contribution in [2.24, 2.45) is 0 Å². The standard InChI is InChI=1S/C18H20/c1-3-7-13-11-12-17-15-9-5-6-10-16(15)18(17)14(13)8-4-2/h5-6,9-12H,3-4,7-8H2,1-2H3. The van der Waals surface area contributed by atoms with Crippen LogP contribution in [0.5, 0.6) is 0 Å². The van der Waals surface area contributed by atoms with Gasteiger partial charge in [0.25, 0.3) is 0 Å². The molecule has 0 bridgehead atoms. The summed E-state index contributed by atoms with van der Waals surface area (Å²) >= 11 is 0. The monoisotopic (exact) mass is 236 g/mol. The summed E-state index contributed by atoms with van der Waals surface area (Å²) in [6.07, 6.45) is 4.89. The van der Waals surface area contributed by atoms with E-state index >= 15 is 0 Å². The lowest BCUT2D eigenvalue weighted by Gasteiger charge is -2.28. The minimum absolute atomic E-state index is 1.21. The van der Waals surface area contributed by atoms with Crippen LogP contribution in [0.25, 0.3) is 22.3 Å². The van der Waals surface area contributed by atoms with Gasteiger partial charge >= 0.3 is 0 Å². The van der Waals surface area contributed by atoms with E-state index in [0.29, 0.717) is 0 Å². The Kier molecular flexibility index (Phi) is 2.95. The topological polar surface area (TPSA) is 0 Å². The molecule has 0 nitrogen and oxygen atoms in total. The second-order valence-electron chi connectivity index (χ2n) is 5.17. The second-order valence-corrected chi connectivity index (χ2v) is 5.17. The van der Waals surface area contributed by atoms with E-state index in [1.807, 2.05) is 0 Å². The SMILES string of the molecule is CCCc1ccc2c(c1CCC)-c1ccccc1-2. The van der Waals surface area contributed by atoms with Crippen molar-refractivity contribution in [1.82, 2.24) is 0 Å². The fourth-order valence-corrected chi connectivity index (χ4v) is 3.14. The van der Waals surface area contributed by atoms with Gasteiger partial charge in [-0.1, -0.05) is 63.1 Å². The fourth-order valence-electron chi connectivity index (χ4n) is 3.14. The maximum absolute atomic E-state index is 2.35. The van der Waals surface area contributed by atoms with Crippen LogP contribution in [-0.4, -0.2) is 0 Å². The Balaban J connectivity index is 2.13. The minimum Gasteiger partial charge on any atom is -0.0651 e. The number of hydrogen-bond donors (Lipinski definition) is 0. The van der Waals surface area contributed by atoms with E-state index in [1.54, 1.807) is 16.7 Å². The van der Waals surface area contributed by atoms with Crippen molar-refractivity contribution >= 4 is 0 Å². The van der Waals surface area contributed by atoms with Gasteiger partial charge in [0.05, 0.1) is 0 Å². The Hall–Kier alpha value is -1.56. The van der Waals surface area contributed by atoms with Crippen molar-refractivity contribution in [2.45, 2.75) is 39.5 Å². The van der Waals surface area contributed by atoms with Gasteiger partial charge in [0.2, 0.25) is 0 Å². The molecule has 0 fully saturated rings. The maximum Gasteiger partial charge on any atom is -0.00641 e. The summed E-state index contributed by atoms with van der Waals surface area (Å²) in [5.41, 5.74) is 9.08. The highest BCUT2D eigenvalue weighted by Gasteiger charge is 2.25. The van der Waals surface area contributed by atoms with Crippen molar-refractivity contribution in [3.05, 3.63) is 47.5 Å². The summed E-state index contributed by atoms with van der Waals surface area (Å²) in [6.45, 7) is 4.54. The molecule has 2 aromatic carbocycles. The molecule has 0 heterocycles. The molecule has 0 radical (unpaired) electrons. The first-order valence-corrected chi connectivity index (χ1v) is 7.11. The number of aryl methyl sites for hydroxylation is 1. The van der Waals surface area contributed by atoms with Gasteiger partial charge in [-0.15, -0.1) is 0 Å². The molecule has 1 aliphatic rings. The molecular weight excluding hydrogens is 216 g/mol. The third-order valence-electron chi connectivity index (χ3n) is 3.92. The zero-order valence-corrected chi connectivity index (χ0v) is 11.3. The maximum atomic E-state index is 2.35. The molecule has 92 valence electrons. The van der Waals surface area contributed by atoms with Crippen LogP contribution in [0, 0.1) is 0 Å². The van der Waals surface area contributed by atoms with Crippen LogP contribution in [0.4, 0.5) is 0 Å². The Bertz CT molecular complexity index is 579. The van der Waals surface area contributed by atoms with Gasteiger partial charge in [0.15, 0.2) is 0 Å². The molecule has 0 unspecified atom stereocenters. The van der Waals surface area contributed by atoms with E-state index in [1.165, 1.54) is 42.4 Å². The summed E-state index contributed by atoms with van der Waals surface area (Å²) in [5, 5.41) is 0. The van der Waals surface area contributed by atoms with Gasteiger partial charge in [-0.25, -0.2) is 0 Å². The Morgan fingerprint density at radius 2 is 1.44 bits per heavy atom. The van der Waals surface area contributed by atoms with Crippen molar-refractivity contribution in [1.29, 1.82) is 0 Å². The highest BCUT2D eigenvalue weighted by atomic mass is 14.3. The molecule has 3 rings (SSSR count). The number of hydrogen-bond acceptors (Lipinski definition) is 0. The Morgan fingerprint density at radius 3 is 2.17 bits per heavy atom. The van der Waals surface area contributed by atoms with Crippen LogP contribution >= 0.6 is 0 Å². The second kappa shape index (κ2) is 4.61. The van der Waals surface area contributed by atoms with Crippen molar-refractivity contribution in [3.63, 3.8) is 0 Å². The number of benzene rings is 2. The predicted octanol–water partition coefficient (Wildman–Crippen LogP) is 5.24. The lowest BCUT2D eigenvalue weighted by Crippen LogP contribution is -2.06. The summed E-state index contributed by atoms with van der Waals surface area (Å²) in [7, 11) is 0. The van der Waals surface area contributed by atoms with E-state index in [2.05, 4.69) is 50.2 Å². The largest absolute Gasteiger partial charge is 0.0651 e. The van der Waals surface area contributed by atoms with Crippen LogP contribution in [0.15, 0.2) is 36.4 Å². The van der Waals surface area contributed by atoms with Gasteiger partial charge in [-0.2, -0.15) is 0 Å². The molecule has 0 aliphatic heterocycles. The molecule has 2 aromatic rings. The molecule has 0 amide bonds. The van der Waals surface area contributed by atoms with E-state index in [0.717, 1.165) is 0 Å². The van der Waals surface area contributed by atoms with Gasteiger partial charge in [0, 0.05) is 0 Å². The van der Waals surface area contributed by atoms with E-state index < -0.39 is 0 Å². The normalized spacial score (nSPS) is 11.7. The highest BCUT2D eigenvalue weighted by molar-refractivity contribution is 6.04. The molecule has 0 aromatic heterocycles. The molecule has 0 spiro atoms. The Labute approximate surface area is 110 Å². The van der Waals surface area contributed by atoms with E-state index in [-0.39, 0.29) is 0 Å². The molecule has 0 heteroatoms. The van der Waals surface area contributed by atoms with Crippen LogP contribution in [0.3, 0.4) is 0 Å². The van der Waals surface area contributed by atoms with E-state index in [9.17, 15) is 0 Å². The third-order valence-corrected chi connectivity index (χ3v) is 3.92. The molecular formula is C18H20. The summed E-state index contributed by atoms with van der Waals surface area (Å²) in [4.78, 5) is 0. The fraction of sp³-hybridized carbons (Fsp3) is 0.333. The van der Waals surface area contributed by atoms with Gasteiger partial charge in [0.1, 0.15) is 0 Å². The van der Waals surface area contributed by atoms with Crippen LogP contribution in [0.2, 0.25) is 0 Å². The lowest BCUT2D eigenvalue weighted by molar-refractivity contribution is 0.862. The van der Waals surface area contributed by atoms with Gasteiger partial charge in [-0.05, 0) is 46.2 Å². The smallest absolute Gasteiger partial charge is 0.00641 e. The van der Waals surface area contributed by atoms with Crippen LogP contribution < -0.4 is 0 Å². The first-order chi connectivity index (χ1) is 8.86. The van der Waals surface area contributed by atoms with Crippen molar-refractivity contribution < 1.29 is 0 Å². The Morgan fingerprint density at radius 1 is 0.722 bits per heavy atom. The van der Waals surface area contributed by atoms with Gasteiger partial charge < -0.3 is 0 Å². The zero-order valence-electron chi connectivity index (χ0n) is 11.3. The first kappa shape index (κ1) is 11.5. The molecule has 0 N–H and O–H groups in total. The molecule has 0 saturated heterocycles. The van der Waals surface area contributed by atoms with Crippen LogP contribution in [0.1, 0.15) is 37.8 Å². The van der Waals surface area contributed by atoms with Crippen molar-refractivity contribution in [2.75, 3.05) is 0 Å². The molecule has 0 saturated carbocycles. The highest BCUT2D eigenvalue weighted by Crippen LogP contribution is 2.49. The summed E-state index contributed by atoms with van der Waals surface area (Å²) in [5.74, 6) is 0. The summed E-state index contributed by atoms with van der Waals surface area (Å²) < 4.78 is 0. The van der Waals surface area contributed by atoms with Crippen LogP contribution in [-0.2, 0) is 12.8 Å². The lowest BCUT2D eigenvalue weighted by atomic mass is 9.75. The average Bonchev–Trinajstić information content (AvgIpc) is 2.38. The van der Waals surface area contributed by atoms with Crippen molar-refractivity contribution in [3.8, 4) is 22.3 Å². The molecule has 0 atom stereocenters. The number of fused-ring (bicyclic) bond motifs is 4. The zero-order chi connectivity index (χ0) is 12.5. The molecule has 1 aliphatic carbocycles. The average molecular weight is 236 g/mol. The first-order valence-electron chi connectivity index (χ1n) is 7.11. The van der Waals surface area contributed by atoms with Gasteiger partial charge in [-0.3, -0.25) is 0 Å². The minimum atomic E-state index is 1.21. The predicted molar refractivity (Wildman–Crippen MR) is 78.9 cm³/mol. The summed E-state index contributed by atoms with van der Waals surface area (Å²) in [6, 6.07) is 13.5. The quantitative estimate of drug-likeness (QED) is 0.581. The third kappa shape index (κ3) is 1.59. The number of rotatable bonds is 4.